The van der Waals surface area contributed by atoms with E-state index >= 15 is 0 Å². The van der Waals surface area contributed by atoms with Gasteiger partial charge in [0.1, 0.15) is 0 Å². The Labute approximate surface area is 96.2 Å². The molecule has 1 aliphatic carbocycles. The fourth-order valence-electron chi connectivity index (χ4n) is 1.17. The highest BCUT2D eigenvalue weighted by Gasteiger charge is 2.25. The molecule has 1 amide bonds. The summed E-state index contributed by atoms with van der Waals surface area (Å²) >= 11 is 0. The Morgan fingerprint density at radius 1 is 1.38 bits per heavy atom. The van der Waals surface area contributed by atoms with Crippen molar-refractivity contribution >= 4 is 15.9 Å². The van der Waals surface area contributed by atoms with Gasteiger partial charge in [-0.1, -0.05) is 0 Å². The molecule has 0 saturated heterocycles. The van der Waals surface area contributed by atoms with Crippen LogP contribution < -0.4 is 15.4 Å². The molecule has 1 fully saturated rings. The van der Waals surface area contributed by atoms with Crippen molar-refractivity contribution in [2.45, 2.75) is 31.8 Å². The normalized spacial score (nSPS) is 18.1. The van der Waals surface area contributed by atoms with Gasteiger partial charge < -0.3 is 10.6 Å². The van der Waals surface area contributed by atoms with Crippen LogP contribution in [-0.4, -0.2) is 45.8 Å². The van der Waals surface area contributed by atoms with Gasteiger partial charge in [-0.25, -0.2) is 13.1 Å². The van der Waals surface area contributed by atoms with Crippen LogP contribution in [-0.2, 0) is 14.8 Å². The van der Waals surface area contributed by atoms with Crippen LogP contribution in [0.25, 0.3) is 0 Å². The highest BCUT2D eigenvalue weighted by molar-refractivity contribution is 7.88. The molecule has 6 nitrogen and oxygen atoms in total. The highest BCUT2D eigenvalue weighted by Crippen LogP contribution is 2.18. The number of nitrogens with one attached hydrogen (secondary N) is 3. The number of amides is 1. The fourth-order valence-corrected chi connectivity index (χ4v) is 1.64. The second kappa shape index (κ2) is 5.60. The number of hydrogen-bond donors (Lipinski definition) is 3. The molecule has 0 aliphatic heterocycles. The average molecular weight is 249 g/mol. The molecular formula is C9H19N3O3S. The van der Waals surface area contributed by atoms with E-state index in [4.69, 9.17) is 0 Å². The third-order valence-electron chi connectivity index (χ3n) is 2.26. The van der Waals surface area contributed by atoms with Crippen LogP contribution >= 0.6 is 0 Å². The molecular weight excluding hydrogens is 230 g/mol. The van der Waals surface area contributed by atoms with E-state index in [0.29, 0.717) is 19.1 Å². The van der Waals surface area contributed by atoms with Gasteiger partial charge in [0.05, 0.1) is 12.3 Å². The first-order chi connectivity index (χ1) is 7.38. The number of sulfonamides is 1. The van der Waals surface area contributed by atoms with Crippen molar-refractivity contribution in [1.29, 1.82) is 0 Å². The van der Waals surface area contributed by atoms with Gasteiger partial charge in [-0.3, -0.25) is 4.79 Å². The predicted octanol–water partition coefficient (Wildman–Crippen LogP) is -1.21. The molecule has 0 aromatic carbocycles. The third-order valence-corrected chi connectivity index (χ3v) is 2.99. The van der Waals surface area contributed by atoms with Crippen molar-refractivity contribution in [3.05, 3.63) is 0 Å². The van der Waals surface area contributed by atoms with Crippen LogP contribution in [0, 0.1) is 0 Å². The third kappa shape index (κ3) is 6.04. The highest BCUT2D eigenvalue weighted by atomic mass is 32.2. The maximum absolute atomic E-state index is 11.5. The largest absolute Gasteiger partial charge is 0.352 e. The van der Waals surface area contributed by atoms with E-state index in [9.17, 15) is 13.2 Å². The molecule has 0 bridgehead atoms. The molecule has 0 aromatic heterocycles. The fraction of sp³-hybridized carbons (Fsp3) is 0.889. The summed E-state index contributed by atoms with van der Waals surface area (Å²) in [6.07, 6.45) is 3.23. The molecule has 1 saturated carbocycles. The van der Waals surface area contributed by atoms with Crippen LogP contribution in [0.1, 0.15) is 19.8 Å². The Hall–Kier alpha value is -0.660. The SMILES string of the molecule is CC(NCCNS(C)(=O)=O)C(=O)NC1CC1. The van der Waals surface area contributed by atoms with Gasteiger partial charge in [-0.05, 0) is 19.8 Å². The average Bonchev–Trinajstić information content (AvgIpc) is 2.94. The summed E-state index contributed by atoms with van der Waals surface area (Å²) in [7, 11) is -3.14. The Balaban J connectivity index is 2.09. The zero-order valence-electron chi connectivity index (χ0n) is 9.62. The first kappa shape index (κ1) is 13.4. The van der Waals surface area contributed by atoms with Crippen molar-refractivity contribution < 1.29 is 13.2 Å². The predicted molar refractivity (Wildman–Crippen MR) is 61.5 cm³/mol. The van der Waals surface area contributed by atoms with Crippen LogP contribution in [0.2, 0.25) is 0 Å². The Bertz CT molecular complexity index is 338. The molecule has 0 spiro atoms. The molecule has 1 aliphatic rings. The van der Waals surface area contributed by atoms with Gasteiger partial charge in [-0.15, -0.1) is 0 Å². The van der Waals surface area contributed by atoms with Crippen molar-refractivity contribution in [2.24, 2.45) is 0 Å². The summed E-state index contributed by atoms with van der Waals surface area (Å²) in [5.41, 5.74) is 0. The second-order valence-corrected chi connectivity index (χ2v) is 5.96. The number of carbonyl (C=O) groups excluding carboxylic acids is 1. The summed E-state index contributed by atoms with van der Waals surface area (Å²) in [6, 6.07) is 0.0628. The topological polar surface area (TPSA) is 87.3 Å². The summed E-state index contributed by atoms with van der Waals surface area (Å²) in [5, 5.41) is 5.82. The molecule has 0 aromatic rings. The van der Waals surface area contributed by atoms with E-state index in [0.717, 1.165) is 19.1 Å². The van der Waals surface area contributed by atoms with Gasteiger partial charge in [0, 0.05) is 19.1 Å². The van der Waals surface area contributed by atoms with Crippen molar-refractivity contribution in [2.75, 3.05) is 19.3 Å². The lowest BCUT2D eigenvalue weighted by molar-refractivity contribution is -0.122. The van der Waals surface area contributed by atoms with Gasteiger partial charge >= 0.3 is 0 Å². The lowest BCUT2D eigenvalue weighted by Gasteiger charge is -2.13. The standard InChI is InChI=1S/C9H19N3O3S/c1-7(9(13)12-8-3-4-8)10-5-6-11-16(2,14)15/h7-8,10-11H,3-6H2,1-2H3,(H,12,13). The number of carbonyl (C=O) groups is 1. The molecule has 16 heavy (non-hydrogen) atoms. The maximum atomic E-state index is 11.5. The summed E-state index contributed by atoms with van der Waals surface area (Å²) < 4.78 is 23.8. The van der Waals surface area contributed by atoms with Crippen molar-refractivity contribution in [3.8, 4) is 0 Å². The Kier molecular flexibility index (Phi) is 4.69. The van der Waals surface area contributed by atoms with E-state index in [1.807, 2.05) is 0 Å². The number of rotatable bonds is 7. The van der Waals surface area contributed by atoms with E-state index in [1.54, 1.807) is 6.92 Å². The van der Waals surface area contributed by atoms with Gasteiger partial charge in [0.2, 0.25) is 15.9 Å². The summed E-state index contributed by atoms with van der Waals surface area (Å²) in [4.78, 5) is 11.5. The van der Waals surface area contributed by atoms with Crippen LogP contribution in [0.3, 0.4) is 0 Å². The van der Waals surface area contributed by atoms with Gasteiger partial charge in [0.15, 0.2) is 0 Å². The van der Waals surface area contributed by atoms with Crippen molar-refractivity contribution in [1.82, 2.24) is 15.4 Å². The van der Waals surface area contributed by atoms with Gasteiger partial charge in [0.25, 0.3) is 0 Å². The Morgan fingerprint density at radius 3 is 2.50 bits per heavy atom. The molecule has 1 rings (SSSR count). The lowest BCUT2D eigenvalue weighted by atomic mass is 10.3. The minimum Gasteiger partial charge on any atom is -0.352 e. The minimum atomic E-state index is -3.14. The minimum absolute atomic E-state index is 0.0261. The van der Waals surface area contributed by atoms with E-state index < -0.39 is 10.0 Å². The molecule has 0 heterocycles. The second-order valence-electron chi connectivity index (χ2n) is 4.13. The molecule has 0 radical (unpaired) electrons. The summed E-state index contributed by atoms with van der Waals surface area (Å²) in [6.45, 7) is 2.49. The molecule has 94 valence electrons. The Morgan fingerprint density at radius 2 is 2.00 bits per heavy atom. The van der Waals surface area contributed by atoms with E-state index in [1.165, 1.54) is 0 Å². The van der Waals surface area contributed by atoms with Crippen LogP contribution in [0.15, 0.2) is 0 Å². The van der Waals surface area contributed by atoms with Crippen LogP contribution in [0.4, 0.5) is 0 Å². The van der Waals surface area contributed by atoms with Crippen LogP contribution in [0.5, 0.6) is 0 Å². The molecule has 1 atom stereocenters. The molecule has 1 unspecified atom stereocenters. The lowest BCUT2D eigenvalue weighted by Crippen LogP contribution is -2.45. The monoisotopic (exact) mass is 249 g/mol. The summed E-state index contributed by atoms with van der Waals surface area (Å²) in [5.74, 6) is -0.0261. The maximum Gasteiger partial charge on any atom is 0.237 e. The number of hydrogen-bond acceptors (Lipinski definition) is 4. The zero-order chi connectivity index (χ0) is 12.2. The van der Waals surface area contributed by atoms with Gasteiger partial charge in [-0.2, -0.15) is 0 Å². The first-order valence-electron chi connectivity index (χ1n) is 5.37. The first-order valence-corrected chi connectivity index (χ1v) is 7.26. The van der Waals surface area contributed by atoms with E-state index in [2.05, 4.69) is 15.4 Å². The zero-order valence-corrected chi connectivity index (χ0v) is 10.4. The molecule has 7 heteroatoms. The van der Waals surface area contributed by atoms with E-state index in [-0.39, 0.29) is 11.9 Å². The molecule has 3 N–H and O–H groups in total. The quantitative estimate of drug-likeness (QED) is 0.494. The van der Waals surface area contributed by atoms with Crippen molar-refractivity contribution in [3.63, 3.8) is 0 Å². The smallest absolute Gasteiger partial charge is 0.237 e.